The summed E-state index contributed by atoms with van der Waals surface area (Å²) in [6.07, 6.45) is 7.16. The Kier molecular flexibility index (Phi) is 6.52. The Hall–Kier alpha value is -1.06. The van der Waals surface area contributed by atoms with Gasteiger partial charge in [0.05, 0.1) is 0 Å². The van der Waals surface area contributed by atoms with Crippen LogP contribution >= 0.6 is 0 Å². The third-order valence-electron chi connectivity index (χ3n) is 4.47. The van der Waals surface area contributed by atoms with E-state index in [9.17, 15) is 5.11 Å². The Labute approximate surface area is 128 Å². The molecule has 1 aromatic rings. The zero-order chi connectivity index (χ0) is 15.1. The van der Waals surface area contributed by atoms with Crippen LogP contribution in [0.5, 0.6) is 5.75 Å². The molecule has 1 N–H and O–H groups in total. The Morgan fingerprint density at radius 3 is 2.48 bits per heavy atom. The first-order valence-electron chi connectivity index (χ1n) is 8.29. The average molecular weight is 291 g/mol. The van der Waals surface area contributed by atoms with Crippen LogP contribution in [0.4, 0.5) is 0 Å². The molecule has 21 heavy (non-hydrogen) atoms. The van der Waals surface area contributed by atoms with Gasteiger partial charge in [-0.05, 0) is 44.0 Å². The van der Waals surface area contributed by atoms with E-state index in [0.717, 1.165) is 12.2 Å². The maximum absolute atomic E-state index is 10.1. The lowest BCUT2D eigenvalue weighted by atomic mass is 9.94. The quantitative estimate of drug-likeness (QED) is 0.837. The summed E-state index contributed by atoms with van der Waals surface area (Å²) >= 11 is 0. The molecule has 0 saturated heterocycles. The minimum atomic E-state index is -0.428. The second kappa shape index (κ2) is 8.40. The van der Waals surface area contributed by atoms with E-state index in [0.29, 0.717) is 19.2 Å². The summed E-state index contributed by atoms with van der Waals surface area (Å²) in [6.45, 7) is 3.20. The minimum Gasteiger partial charge on any atom is -0.491 e. The topological polar surface area (TPSA) is 32.7 Å². The highest BCUT2D eigenvalue weighted by atomic mass is 16.5. The fourth-order valence-electron chi connectivity index (χ4n) is 3.07. The minimum absolute atomic E-state index is 0.364. The smallest absolute Gasteiger partial charge is 0.119 e. The van der Waals surface area contributed by atoms with Gasteiger partial charge in [0.15, 0.2) is 0 Å². The van der Waals surface area contributed by atoms with Crippen molar-refractivity contribution in [3.63, 3.8) is 0 Å². The third kappa shape index (κ3) is 5.33. The molecular formula is C18H29NO2. The molecule has 0 bridgehead atoms. The van der Waals surface area contributed by atoms with Crippen LogP contribution in [0.2, 0.25) is 0 Å². The van der Waals surface area contributed by atoms with E-state index in [2.05, 4.69) is 31.0 Å². The van der Waals surface area contributed by atoms with E-state index in [1.807, 2.05) is 12.1 Å². The summed E-state index contributed by atoms with van der Waals surface area (Å²) in [7, 11) is 2.12. The Morgan fingerprint density at radius 1 is 1.19 bits per heavy atom. The molecule has 0 radical (unpaired) electrons. The highest BCUT2D eigenvalue weighted by Gasteiger charge is 2.20. The van der Waals surface area contributed by atoms with Gasteiger partial charge >= 0.3 is 0 Å². The maximum Gasteiger partial charge on any atom is 0.119 e. The van der Waals surface area contributed by atoms with Crippen LogP contribution in [0.25, 0.3) is 0 Å². The Balaban J connectivity index is 1.71. The predicted molar refractivity (Wildman–Crippen MR) is 86.8 cm³/mol. The number of ether oxygens (including phenoxy) is 1. The van der Waals surface area contributed by atoms with Crippen molar-refractivity contribution in [2.45, 2.75) is 57.6 Å². The second-order valence-corrected chi connectivity index (χ2v) is 6.19. The molecule has 2 rings (SSSR count). The van der Waals surface area contributed by atoms with Gasteiger partial charge in [-0.3, -0.25) is 0 Å². The van der Waals surface area contributed by atoms with Crippen LogP contribution < -0.4 is 4.74 Å². The molecule has 0 spiro atoms. The molecule has 1 saturated carbocycles. The molecule has 1 fully saturated rings. The van der Waals surface area contributed by atoms with E-state index in [4.69, 9.17) is 4.74 Å². The Morgan fingerprint density at radius 2 is 1.86 bits per heavy atom. The van der Waals surface area contributed by atoms with Crippen molar-refractivity contribution in [2.24, 2.45) is 0 Å². The van der Waals surface area contributed by atoms with Crippen molar-refractivity contribution in [3.8, 4) is 5.75 Å². The molecule has 1 aliphatic carbocycles. The fourth-order valence-corrected chi connectivity index (χ4v) is 3.07. The summed E-state index contributed by atoms with van der Waals surface area (Å²) in [4.78, 5) is 2.30. The average Bonchev–Trinajstić information content (AvgIpc) is 2.54. The summed E-state index contributed by atoms with van der Waals surface area (Å²) in [5.74, 6) is 0.839. The number of aliphatic hydroxyl groups excluding tert-OH is 1. The summed E-state index contributed by atoms with van der Waals surface area (Å²) < 4.78 is 5.68. The van der Waals surface area contributed by atoms with Gasteiger partial charge in [-0.25, -0.2) is 0 Å². The van der Waals surface area contributed by atoms with Gasteiger partial charge in [0.1, 0.15) is 18.5 Å². The van der Waals surface area contributed by atoms with Gasteiger partial charge in [-0.15, -0.1) is 0 Å². The molecule has 0 unspecified atom stereocenters. The maximum atomic E-state index is 10.1. The monoisotopic (exact) mass is 291 g/mol. The molecule has 0 aliphatic heterocycles. The van der Waals surface area contributed by atoms with Crippen molar-refractivity contribution >= 4 is 0 Å². The number of benzene rings is 1. The van der Waals surface area contributed by atoms with Gasteiger partial charge in [0.2, 0.25) is 0 Å². The molecule has 1 aromatic carbocycles. The van der Waals surface area contributed by atoms with E-state index in [1.54, 1.807) is 0 Å². The van der Waals surface area contributed by atoms with Crippen LogP contribution in [0.15, 0.2) is 24.3 Å². The Bertz CT molecular complexity index is 398. The van der Waals surface area contributed by atoms with Crippen molar-refractivity contribution in [1.82, 2.24) is 4.90 Å². The van der Waals surface area contributed by atoms with Crippen LogP contribution in [0.3, 0.4) is 0 Å². The normalized spacial score (nSPS) is 17.9. The summed E-state index contributed by atoms with van der Waals surface area (Å²) in [6, 6.07) is 8.76. The largest absolute Gasteiger partial charge is 0.491 e. The van der Waals surface area contributed by atoms with E-state index >= 15 is 0 Å². The first-order valence-corrected chi connectivity index (χ1v) is 8.29. The number of hydrogen-bond donors (Lipinski definition) is 1. The van der Waals surface area contributed by atoms with E-state index < -0.39 is 6.10 Å². The molecule has 3 heteroatoms. The molecular weight excluding hydrogens is 262 g/mol. The SMILES string of the molecule is CCc1ccc(OC[C@@H](O)CN(C)C2CCCCC2)cc1. The van der Waals surface area contributed by atoms with Crippen LogP contribution in [-0.4, -0.2) is 42.4 Å². The molecule has 0 amide bonds. The van der Waals surface area contributed by atoms with Gasteiger partial charge in [-0.1, -0.05) is 38.3 Å². The predicted octanol–water partition coefficient (Wildman–Crippen LogP) is 3.25. The van der Waals surface area contributed by atoms with Gasteiger partial charge in [0, 0.05) is 12.6 Å². The fraction of sp³-hybridized carbons (Fsp3) is 0.667. The molecule has 1 aliphatic rings. The number of likely N-dealkylation sites (N-methyl/N-ethyl adjacent to an activating group) is 1. The lowest BCUT2D eigenvalue weighted by molar-refractivity contribution is 0.0561. The van der Waals surface area contributed by atoms with Crippen molar-refractivity contribution in [3.05, 3.63) is 29.8 Å². The van der Waals surface area contributed by atoms with Gasteiger partial charge in [-0.2, -0.15) is 0 Å². The molecule has 3 nitrogen and oxygen atoms in total. The second-order valence-electron chi connectivity index (χ2n) is 6.19. The number of nitrogens with zero attached hydrogens (tertiary/aromatic N) is 1. The van der Waals surface area contributed by atoms with Gasteiger partial charge in [0.25, 0.3) is 0 Å². The highest BCUT2D eigenvalue weighted by molar-refractivity contribution is 5.27. The van der Waals surface area contributed by atoms with Crippen molar-refractivity contribution in [2.75, 3.05) is 20.2 Å². The van der Waals surface area contributed by atoms with E-state index in [-0.39, 0.29) is 0 Å². The molecule has 0 aromatic heterocycles. The van der Waals surface area contributed by atoms with Crippen molar-refractivity contribution in [1.29, 1.82) is 0 Å². The van der Waals surface area contributed by atoms with E-state index in [1.165, 1.54) is 37.7 Å². The summed E-state index contributed by atoms with van der Waals surface area (Å²) in [5.41, 5.74) is 1.31. The highest BCUT2D eigenvalue weighted by Crippen LogP contribution is 2.21. The first-order chi connectivity index (χ1) is 10.2. The zero-order valence-corrected chi connectivity index (χ0v) is 13.4. The summed E-state index contributed by atoms with van der Waals surface area (Å²) in [5, 5.41) is 10.1. The number of aryl methyl sites for hydroxylation is 1. The lowest BCUT2D eigenvalue weighted by Crippen LogP contribution is -2.40. The van der Waals surface area contributed by atoms with Crippen molar-refractivity contribution < 1.29 is 9.84 Å². The molecule has 0 heterocycles. The van der Waals surface area contributed by atoms with Gasteiger partial charge < -0.3 is 14.7 Å². The number of rotatable bonds is 7. The standard InChI is InChI=1S/C18H29NO2/c1-3-15-9-11-18(12-10-15)21-14-17(20)13-19(2)16-7-5-4-6-8-16/h9-12,16-17,20H,3-8,13-14H2,1-2H3/t17-/m0/s1. The zero-order valence-electron chi connectivity index (χ0n) is 13.4. The number of aliphatic hydroxyl groups is 1. The third-order valence-corrected chi connectivity index (χ3v) is 4.47. The lowest BCUT2D eigenvalue weighted by Gasteiger charge is -2.32. The van der Waals surface area contributed by atoms with Crippen LogP contribution in [-0.2, 0) is 6.42 Å². The molecule has 118 valence electrons. The number of hydrogen-bond acceptors (Lipinski definition) is 3. The van der Waals surface area contributed by atoms with Crippen LogP contribution in [0, 0.1) is 0 Å². The first kappa shape index (κ1) is 16.3. The molecule has 1 atom stereocenters. The van der Waals surface area contributed by atoms with Crippen LogP contribution in [0.1, 0.15) is 44.6 Å².